The lowest BCUT2D eigenvalue weighted by Crippen LogP contribution is -2.51. The van der Waals surface area contributed by atoms with E-state index in [1.807, 2.05) is 32.0 Å². The van der Waals surface area contributed by atoms with E-state index in [-0.39, 0.29) is 24.6 Å². The van der Waals surface area contributed by atoms with Crippen molar-refractivity contribution in [3.8, 4) is 11.5 Å². The van der Waals surface area contributed by atoms with Gasteiger partial charge in [0.25, 0.3) is 15.9 Å². The molecule has 0 aromatic heterocycles. The van der Waals surface area contributed by atoms with Gasteiger partial charge in [0.2, 0.25) is 0 Å². The predicted molar refractivity (Wildman–Crippen MR) is 131 cm³/mol. The van der Waals surface area contributed by atoms with Crippen LogP contribution in [0.1, 0.15) is 11.1 Å². The summed E-state index contributed by atoms with van der Waals surface area (Å²) < 4.78 is 39.6. The van der Waals surface area contributed by atoms with Crippen LogP contribution in [0.15, 0.2) is 71.6 Å². The summed E-state index contributed by atoms with van der Waals surface area (Å²) in [6.45, 7) is 4.33. The molecule has 4 rings (SSSR count). The first-order valence-corrected chi connectivity index (χ1v) is 12.6. The summed E-state index contributed by atoms with van der Waals surface area (Å²) in [6, 6.07) is 18.5. The standard InChI is InChI=1S/C25H25ClN2O5S/c1-17-7-12-22(18(2)15-17)32-14-13-27-25(29)24-16-28(21-5-3-4-6-23(21)33-24)34(30,31)20-10-8-19(26)9-11-20/h3-12,15,24H,13-14,16H2,1-2H3,(H,27,29). The average Bonchev–Trinajstić information content (AvgIpc) is 2.82. The van der Waals surface area contributed by atoms with Crippen LogP contribution in [0.25, 0.3) is 0 Å². The quantitative estimate of drug-likeness (QED) is 0.493. The van der Waals surface area contributed by atoms with Crippen LogP contribution in [0, 0.1) is 13.8 Å². The number of carbonyl (C=O) groups is 1. The number of aryl methyl sites for hydroxylation is 2. The largest absolute Gasteiger partial charge is 0.491 e. The maximum Gasteiger partial charge on any atom is 0.264 e. The van der Waals surface area contributed by atoms with Gasteiger partial charge in [0, 0.05) is 5.02 Å². The SMILES string of the molecule is Cc1ccc(OCCNC(=O)C2CN(S(=O)(=O)c3ccc(Cl)cc3)c3ccccc3O2)c(C)c1. The molecule has 3 aromatic rings. The Labute approximate surface area is 204 Å². The lowest BCUT2D eigenvalue weighted by Gasteiger charge is -2.34. The van der Waals surface area contributed by atoms with Crippen LogP contribution in [0.2, 0.25) is 5.02 Å². The van der Waals surface area contributed by atoms with Crippen molar-refractivity contribution in [1.29, 1.82) is 0 Å². The van der Waals surface area contributed by atoms with E-state index in [0.717, 1.165) is 16.9 Å². The first-order valence-electron chi connectivity index (χ1n) is 10.8. The van der Waals surface area contributed by atoms with Crippen LogP contribution >= 0.6 is 11.6 Å². The number of carbonyl (C=O) groups excluding carboxylic acids is 1. The monoisotopic (exact) mass is 500 g/mol. The fourth-order valence-corrected chi connectivity index (χ4v) is 5.31. The molecule has 1 aliphatic heterocycles. The topological polar surface area (TPSA) is 84.9 Å². The third-order valence-corrected chi connectivity index (χ3v) is 7.46. The van der Waals surface area contributed by atoms with Gasteiger partial charge in [-0.05, 0) is 61.9 Å². The molecule has 1 N–H and O–H groups in total. The molecule has 0 spiro atoms. The van der Waals surface area contributed by atoms with Crippen LogP contribution in [-0.2, 0) is 14.8 Å². The number of ether oxygens (including phenoxy) is 2. The summed E-state index contributed by atoms with van der Waals surface area (Å²) in [6.07, 6.45) is -1.02. The number of halogens is 1. The van der Waals surface area contributed by atoms with E-state index in [1.165, 1.54) is 28.6 Å². The highest BCUT2D eigenvalue weighted by Gasteiger charge is 2.37. The van der Waals surface area contributed by atoms with E-state index in [4.69, 9.17) is 21.1 Å². The second-order valence-corrected chi connectivity index (χ2v) is 10.3. The van der Waals surface area contributed by atoms with Crippen LogP contribution in [-0.4, -0.2) is 40.1 Å². The van der Waals surface area contributed by atoms with Gasteiger partial charge in [-0.2, -0.15) is 0 Å². The van der Waals surface area contributed by atoms with Crippen molar-refractivity contribution in [2.75, 3.05) is 24.0 Å². The fraction of sp³-hybridized carbons (Fsp3) is 0.240. The number of anilines is 1. The molecule has 0 radical (unpaired) electrons. The Hall–Kier alpha value is -3.23. The highest BCUT2D eigenvalue weighted by Crippen LogP contribution is 2.37. The minimum Gasteiger partial charge on any atom is -0.491 e. The molecule has 1 aliphatic rings. The van der Waals surface area contributed by atoms with E-state index >= 15 is 0 Å². The third-order valence-electron chi connectivity index (χ3n) is 5.42. The van der Waals surface area contributed by atoms with Crippen LogP contribution in [0.3, 0.4) is 0 Å². The van der Waals surface area contributed by atoms with Crippen molar-refractivity contribution < 1.29 is 22.7 Å². The Balaban J connectivity index is 1.45. The number of sulfonamides is 1. The molecule has 0 saturated carbocycles. The number of fused-ring (bicyclic) bond motifs is 1. The smallest absolute Gasteiger partial charge is 0.264 e. The van der Waals surface area contributed by atoms with Crippen molar-refractivity contribution in [3.05, 3.63) is 82.9 Å². The molecule has 34 heavy (non-hydrogen) atoms. The summed E-state index contributed by atoms with van der Waals surface area (Å²) in [5.41, 5.74) is 2.53. The van der Waals surface area contributed by atoms with Gasteiger partial charge in [-0.1, -0.05) is 41.4 Å². The van der Waals surface area contributed by atoms with Gasteiger partial charge < -0.3 is 14.8 Å². The molecular formula is C25H25ClN2O5S. The minimum atomic E-state index is -3.94. The summed E-state index contributed by atoms with van der Waals surface area (Å²) in [5, 5.41) is 3.21. The van der Waals surface area contributed by atoms with Gasteiger partial charge in [-0.15, -0.1) is 0 Å². The van der Waals surface area contributed by atoms with Gasteiger partial charge in [-0.25, -0.2) is 8.42 Å². The van der Waals surface area contributed by atoms with E-state index < -0.39 is 22.0 Å². The number of nitrogens with one attached hydrogen (secondary N) is 1. The summed E-state index contributed by atoms with van der Waals surface area (Å²) in [7, 11) is -3.94. The van der Waals surface area contributed by atoms with E-state index in [0.29, 0.717) is 16.5 Å². The van der Waals surface area contributed by atoms with Gasteiger partial charge >= 0.3 is 0 Å². The molecule has 1 amide bonds. The maximum absolute atomic E-state index is 13.4. The number of rotatable bonds is 7. The van der Waals surface area contributed by atoms with Crippen molar-refractivity contribution in [2.45, 2.75) is 24.8 Å². The van der Waals surface area contributed by atoms with E-state index in [2.05, 4.69) is 5.32 Å². The maximum atomic E-state index is 13.4. The van der Waals surface area contributed by atoms with Crippen LogP contribution < -0.4 is 19.1 Å². The van der Waals surface area contributed by atoms with E-state index in [9.17, 15) is 13.2 Å². The molecule has 9 heteroatoms. The Morgan fingerprint density at radius 1 is 1.12 bits per heavy atom. The summed E-state index contributed by atoms with van der Waals surface area (Å²) in [5.74, 6) is 0.649. The number of hydrogen-bond donors (Lipinski definition) is 1. The number of benzene rings is 3. The molecule has 0 bridgehead atoms. The molecule has 0 aliphatic carbocycles. The van der Waals surface area contributed by atoms with Crippen LogP contribution in [0.4, 0.5) is 5.69 Å². The van der Waals surface area contributed by atoms with Gasteiger partial charge in [-0.3, -0.25) is 9.10 Å². The highest BCUT2D eigenvalue weighted by molar-refractivity contribution is 7.92. The minimum absolute atomic E-state index is 0.0784. The average molecular weight is 501 g/mol. The molecule has 0 saturated heterocycles. The van der Waals surface area contributed by atoms with Gasteiger partial charge in [0.15, 0.2) is 6.10 Å². The highest BCUT2D eigenvalue weighted by atomic mass is 35.5. The first-order chi connectivity index (χ1) is 16.3. The predicted octanol–water partition coefficient (Wildman–Crippen LogP) is 4.11. The van der Waals surface area contributed by atoms with Crippen molar-refractivity contribution >= 4 is 33.2 Å². The summed E-state index contributed by atoms with van der Waals surface area (Å²) in [4.78, 5) is 12.9. The van der Waals surface area contributed by atoms with Crippen molar-refractivity contribution in [3.63, 3.8) is 0 Å². The van der Waals surface area contributed by atoms with Gasteiger partial charge in [0.1, 0.15) is 18.1 Å². The Morgan fingerprint density at radius 2 is 1.85 bits per heavy atom. The fourth-order valence-electron chi connectivity index (χ4n) is 3.71. The van der Waals surface area contributed by atoms with Gasteiger partial charge in [0.05, 0.1) is 23.7 Å². The molecule has 7 nitrogen and oxygen atoms in total. The second-order valence-electron chi connectivity index (χ2n) is 7.97. The molecule has 1 heterocycles. The summed E-state index contributed by atoms with van der Waals surface area (Å²) >= 11 is 5.92. The normalized spacial score (nSPS) is 15.3. The zero-order chi connectivity index (χ0) is 24.3. The number of amides is 1. The zero-order valence-electron chi connectivity index (χ0n) is 18.8. The molecular weight excluding hydrogens is 476 g/mol. The van der Waals surface area contributed by atoms with Crippen LogP contribution in [0.5, 0.6) is 11.5 Å². The number of nitrogens with zero attached hydrogens (tertiary/aromatic N) is 1. The molecule has 0 fully saturated rings. The van der Waals surface area contributed by atoms with E-state index in [1.54, 1.807) is 24.3 Å². The number of hydrogen-bond acceptors (Lipinski definition) is 5. The second kappa shape index (κ2) is 9.95. The Bertz CT molecular complexity index is 1290. The third kappa shape index (κ3) is 5.13. The first kappa shape index (κ1) is 23.9. The molecule has 1 unspecified atom stereocenters. The zero-order valence-corrected chi connectivity index (χ0v) is 20.4. The number of para-hydroxylation sites is 2. The van der Waals surface area contributed by atoms with Crippen molar-refractivity contribution in [2.24, 2.45) is 0 Å². The molecule has 3 aromatic carbocycles. The lowest BCUT2D eigenvalue weighted by atomic mass is 10.1. The molecule has 178 valence electrons. The van der Waals surface area contributed by atoms with Crippen molar-refractivity contribution in [1.82, 2.24) is 5.32 Å². The molecule has 1 atom stereocenters. The lowest BCUT2D eigenvalue weighted by molar-refractivity contribution is -0.127. The Morgan fingerprint density at radius 3 is 2.59 bits per heavy atom. The Kier molecular flexibility index (Phi) is 7.00.